The van der Waals surface area contributed by atoms with Crippen LogP contribution in [0.4, 0.5) is 0 Å². The number of nitrogens with zero attached hydrogens (tertiary/aromatic N) is 2. The quantitative estimate of drug-likeness (QED) is 0.699. The van der Waals surface area contributed by atoms with Crippen LogP contribution in [0.15, 0.2) is 0 Å². The van der Waals surface area contributed by atoms with Gasteiger partial charge in [-0.05, 0) is 72.8 Å². The molecule has 16 heavy (non-hydrogen) atoms. The molecule has 0 aromatic carbocycles. The molecule has 0 amide bonds. The molecule has 1 N–H and O–H groups in total. The summed E-state index contributed by atoms with van der Waals surface area (Å²) in [6.07, 6.45) is 5.84. The first-order valence-corrected chi connectivity index (χ1v) is 6.66. The molecule has 1 atom stereocenters. The highest BCUT2D eigenvalue weighted by Gasteiger charge is 2.19. The summed E-state index contributed by atoms with van der Waals surface area (Å²) in [4.78, 5) is 4.92. The van der Waals surface area contributed by atoms with Crippen molar-refractivity contribution >= 4 is 0 Å². The van der Waals surface area contributed by atoms with E-state index in [9.17, 15) is 0 Å². The van der Waals surface area contributed by atoms with Crippen molar-refractivity contribution in [2.45, 2.75) is 51.2 Å². The predicted molar refractivity (Wildman–Crippen MR) is 68.7 cm³/mol. The Balaban J connectivity index is 2.04. The largest absolute Gasteiger partial charge is 0.393 e. The smallest absolute Gasteiger partial charge is 0.0512 e. The maximum Gasteiger partial charge on any atom is 0.0512 e. The van der Waals surface area contributed by atoms with Gasteiger partial charge in [-0.15, -0.1) is 0 Å². The zero-order chi connectivity index (χ0) is 12.0. The Kier molecular flexibility index (Phi) is 6.32. The third-order valence-corrected chi connectivity index (χ3v) is 3.63. The van der Waals surface area contributed by atoms with Crippen LogP contribution in [0.3, 0.4) is 0 Å². The van der Waals surface area contributed by atoms with E-state index in [1.807, 2.05) is 6.92 Å². The predicted octanol–water partition coefficient (Wildman–Crippen LogP) is 1.56. The van der Waals surface area contributed by atoms with Crippen LogP contribution in [0.5, 0.6) is 0 Å². The van der Waals surface area contributed by atoms with Crippen LogP contribution in [0.2, 0.25) is 0 Å². The van der Waals surface area contributed by atoms with Crippen molar-refractivity contribution < 1.29 is 5.11 Å². The van der Waals surface area contributed by atoms with Gasteiger partial charge in [-0.2, -0.15) is 0 Å². The molecule has 1 fully saturated rings. The lowest BCUT2D eigenvalue weighted by atomic mass is 10.0. The van der Waals surface area contributed by atoms with E-state index in [-0.39, 0.29) is 6.10 Å². The summed E-state index contributed by atoms with van der Waals surface area (Å²) < 4.78 is 0. The van der Waals surface area contributed by atoms with Gasteiger partial charge in [-0.25, -0.2) is 0 Å². The Labute approximate surface area is 100 Å². The van der Waals surface area contributed by atoms with Crippen LogP contribution < -0.4 is 0 Å². The van der Waals surface area contributed by atoms with Crippen molar-refractivity contribution in [2.75, 3.05) is 33.7 Å². The lowest BCUT2D eigenvalue weighted by Crippen LogP contribution is -2.42. The van der Waals surface area contributed by atoms with Gasteiger partial charge >= 0.3 is 0 Å². The maximum atomic E-state index is 9.17. The topological polar surface area (TPSA) is 26.7 Å². The Morgan fingerprint density at radius 1 is 1.25 bits per heavy atom. The van der Waals surface area contributed by atoms with Crippen molar-refractivity contribution in [1.82, 2.24) is 9.80 Å². The van der Waals surface area contributed by atoms with E-state index in [2.05, 4.69) is 23.9 Å². The average molecular weight is 228 g/mol. The maximum absolute atomic E-state index is 9.17. The molecule has 3 nitrogen and oxygen atoms in total. The fourth-order valence-electron chi connectivity index (χ4n) is 2.43. The van der Waals surface area contributed by atoms with E-state index in [1.165, 1.54) is 38.9 Å². The molecule has 1 aliphatic heterocycles. The molecule has 3 heteroatoms. The molecule has 1 unspecified atom stereocenters. The van der Waals surface area contributed by atoms with Crippen molar-refractivity contribution in [3.63, 3.8) is 0 Å². The van der Waals surface area contributed by atoms with E-state index in [0.29, 0.717) is 0 Å². The van der Waals surface area contributed by atoms with E-state index in [1.54, 1.807) is 0 Å². The monoisotopic (exact) mass is 228 g/mol. The molecule has 0 radical (unpaired) electrons. The van der Waals surface area contributed by atoms with Gasteiger partial charge in [0.1, 0.15) is 0 Å². The molecule has 96 valence electrons. The first-order chi connectivity index (χ1) is 7.59. The van der Waals surface area contributed by atoms with Crippen LogP contribution in [-0.4, -0.2) is 60.8 Å². The van der Waals surface area contributed by atoms with Gasteiger partial charge in [0.2, 0.25) is 0 Å². The summed E-state index contributed by atoms with van der Waals surface area (Å²) in [7, 11) is 4.37. The number of likely N-dealkylation sites (tertiary alicyclic amines) is 1. The van der Waals surface area contributed by atoms with Crippen molar-refractivity contribution in [1.29, 1.82) is 0 Å². The van der Waals surface area contributed by atoms with E-state index in [0.717, 1.165) is 18.9 Å². The number of hydrogen-bond acceptors (Lipinski definition) is 3. The van der Waals surface area contributed by atoms with Gasteiger partial charge in [-0.1, -0.05) is 0 Å². The van der Waals surface area contributed by atoms with Gasteiger partial charge < -0.3 is 14.9 Å². The molecular weight excluding hydrogens is 200 g/mol. The summed E-state index contributed by atoms with van der Waals surface area (Å²) in [5.74, 6) is 0. The van der Waals surface area contributed by atoms with Crippen LogP contribution >= 0.6 is 0 Å². The van der Waals surface area contributed by atoms with Crippen molar-refractivity contribution in [3.05, 3.63) is 0 Å². The Morgan fingerprint density at radius 3 is 2.38 bits per heavy atom. The van der Waals surface area contributed by atoms with E-state index >= 15 is 0 Å². The first kappa shape index (κ1) is 13.9. The first-order valence-electron chi connectivity index (χ1n) is 6.66. The summed E-state index contributed by atoms with van der Waals surface area (Å²) >= 11 is 0. The molecule has 1 heterocycles. The molecule has 1 rings (SSSR count). The second kappa shape index (κ2) is 7.25. The molecule has 0 bridgehead atoms. The Bertz CT molecular complexity index is 175. The minimum atomic E-state index is -0.125. The molecule has 0 aliphatic carbocycles. The van der Waals surface area contributed by atoms with Gasteiger partial charge in [0, 0.05) is 6.04 Å². The number of aliphatic hydroxyl groups excluding tert-OH is 1. The average Bonchev–Trinajstić information content (AvgIpc) is 2.25. The van der Waals surface area contributed by atoms with Gasteiger partial charge in [-0.3, -0.25) is 0 Å². The van der Waals surface area contributed by atoms with Crippen molar-refractivity contribution in [3.8, 4) is 0 Å². The Hall–Kier alpha value is -0.120. The van der Waals surface area contributed by atoms with Crippen LogP contribution in [0, 0.1) is 0 Å². The molecular formula is C13H28N2O. The highest BCUT2D eigenvalue weighted by Crippen LogP contribution is 2.14. The molecule has 0 saturated carbocycles. The normalized spacial score (nSPS) is 21.6. The van der Waals surface area contributed by atoms with Gasteiger partial charge in [0.25, 0.3) is 0 Å². The minimum Gasteiger partial charge on any atom is -0.393 e. The standard InChI is InChI=1S/C13H28N2O/c1-12(16)6-4-5-9-15-10-7-13(8-11-15)14(2)3/h12-13,16H,4-11H2,1-3H3. The van der Waals surface area contributed by atoms with Crippen LogP contribution in [0.25, 0.3) is 0 Å². The molecule has 1 saturated heterocycles. The highest BCUT2D eigenvalue weighted by molar-refractivity contribution is 4.76. The van der Waals surface area contributed by atoms with Gasteiger partial charge in [0.15, 0.2) is 0 Å². The summed E-state index contributed by atoms with van der Waals surface area (Å²) in [5.41, 5.74) is 0. The Morgan fingerprint density at radius 2 is 1.88 bits per heavy atom. The number of aliphatic hydroxyl groups is 1. The fraction of sp³-hybridized carbons (Fsp3) is 1.00. The zero-order valence-electron chi connectivity index (χ0n) is 11.2. The summed E-state index contributed by atoms with van der Waals surface area (Å²) in [6, 6.07) is 0.786. The third-order valence-electron chi connectivity index (χ3n) is 3.63. The lowest BCUT2D eigenvalue weighted by molar-refractivity contribution is 0.139. The summed E-state index contributed by atoms with van der Waals surface area (Å²) in [5, 5.41) is 9.17. The third kappa shape index (κ3) is 5.28. The van der Waals surface area contributed by atoms with Crippen molar-refractivity contribution in [2.24, 2.45) is 0 Å². The van der Waals surface area contributed by atoms with Crippen LogP contribution in [0.1, 0.15) is 39.0 Å². The van der Waals surface area contributed by atoms with Crippen LogP contribution in [-0.2, 0) is 0 Å². The molecule has 0 spiro atoms. The molecule has 0 aromatic rings. The number of piperidine rings is 1. The summed E-state index contributed by atoms with van der Waals surface area (Å²) in [6.45, 7) is 5.59. The molecule has 0 aromatic heterocycles. The van der Waals surface area contributed by atoms with Gasteiger partial charge in [0.05, 0.1) is 6.10 Å². The molecule has 1 aliphatic rings. The second-order valence-corrected chi connectivity index (χ2v) is 5.38. The number of hydrogen-bond donors (Lipinski definition) is 1. The lowest BCUT2D eigenvalue weighted by Gasteiger charge is -2.35. The van der Waals surface area contributed by atoms with E-state index < -0.39 is 0 Å². The second-order valence-electron chi connectivity index (χ2n) is 5.38. The fourth-order valence-corrected chi connectivity index (χ4v) is 2.43. The number of rotatable bonds is 6. The minimum absolute atomic E-state index is 0.125. The highest BCUT2D eigenvalue weighted by atomic mass is 16.3. The zero-order valence-corrected chi connectivity index (χ0v) is 11.2. The number of unbranched alkanes of at least 4 members (excludes halogenated alkanes) is 1. The SMILES string of the molecule is CC(O)CCCCN1CCC(N(C)C)CC1. The van der Waals surface area contributed by atoms with E-state index in [4.69, 9.17) is 5.11 Å².